The number of hydrogen-bond acceptors (Lipinski definition) is 1. The lowest BCUT2D eigenvalue weighted by molar-refractivity contribution is -0.211. The Balaban J connectivity index is 1.93. The van der Waals surface area contributed by atoms with Crippen LogP contribution in [0.25, 0.3) is 0 Å². The SMILES string of the molecule is C=C1C2C3C(C[C@H]1O)C2(C)CC[C@H]3C(C)C. The number of aliphatic hydroxyl groups is 1. The van der Waals surface area contributed by atoms with Crippen LogP contribution in [-0.2, 0) is 0 Å². The van der Waals surface area contributed by atoms with Crippen LogP contribution in [0, 0.1) is 35.0 Å². The smallest absolute Gasteiger partial charge is 0.0753 e. The summed E-state index contributed by atoms with van der Waals surface area (Å²) in [6.07, 6.45) is 3.53. The van der Waals surface area contributed by atoms with E-state index in [1.165, 1.54) is 12.8 Å². The average molecular weight is 220 g/mol. The number of fused-ring (bicyclic) bond motifs is 1. The molecule has 0 aromatic rings. The Labute approximate surface area is 98.9 Å². The summed E-state index contributed by atoms with van der Waals surface area (Å²) in [6, 6.07) is 0. The van der Waals surface area contributed by atoms with Crippen molar-refractivity contribution in [3.8, 4) is 0 Å². The standard InChI is InChI=1S/C15H24O/c1-8(2)10-5-6-15(4)11-7-12(16)9(3)14(15)13(10)11/h8,10-14,16H,3,5-7H2,1-2,4H3/t10-,11?,12+,13?,14?,15?/m0/s1. The van der Waals surface area contributed by atoms with Crippen molar-refractivity contribution in [1.29, 1.82) is 0 Å². The highest BCUT2D eigenvalue weighted by molar-refractivity contribution is 5.29. The summed E-state index contributed by atoms with van der Waals surface area (Å²) in [5, 5.41) is 9.97. The quantitative estimate of drug-likeness (QED) is 0.673. The van der Waals surface area contributed by atoms with Crippen LogP contribution < -0.4 is 0 Å². The van der Waals surface area contributed by atoms with Gasteiger partial charge >= 0.3 is 0 Å². The lowest BCUT2D eigenvalue weighted by Crippen LogP contribution is -2.67. The lowest BCUT2D eigenvalue weighted by atomic mass is 9.33. The maximum Gasteiger partial charge on any atom is 0.0753 e. The minimum atomic E-state index is -0.203. The summed E-state index contributed by atoms with van der Waals surface area (Å²) in [4.78, 5) is 0. The molecule has 0 aliphatic heterocycles. The second-order valence-corrected chi connectivity index (χ2v) is 6.94. The van der Waals surface area contributed by atoms with Crippen LogP contribution in [0.2, 0.25) is 0 Å². The molecule has 3 fully saturated rings. The summed E-state index contributed by atoms with van der Waals surface area (Å²) >= 11 is 0. The van der Waals surface area contributed by atoms with E-state index in [4.69, 9.17) is 0 Å². The van der Waals surface area contributed by atoms with E-state index in [1.807, 2.05) is 0 Å². The molecule has 4 unspecified atom stereocenters. The molecule has 16 heavy (non-hydrogen) atoms. The molecule has 1 heteroatoms. The normalized spacial score (nSPS) is 55.1. The largest absolute Gasteiger partial charge is 0.389 e. The van der Waals surface area contributed by atoms with Gasteiger partial charge in [-0.3, -0.25) is 0 Å². The van der Waals surface area contributed by atoms with Crippen molar-refractivity contribution in [3.63, 3.8) is 0 Å². The predicted molar refractivity (Wildman–Crippen MR) is 65.9 cm³/mol. The summed E-state index contributed by atoms with van der Waals surface area (Å²) < 4.78 is 0. The minimum absolute atomic E-state index is 0.203. The molecule has 1 nitrogen and oxygen atoms in total. The molecule has 0 spiro atoms. The summed E-state index contributed by atoms with van der Waals surface area (Å²) in [6.45, 7) is 11.3. The van der Waals surface area contributed by atoms with Crippen LogP contribution in [0.1, 0.15) is 40.0 Å². The Morgan fingerprint density at radius 3 is 2.69 bits per heavy atom. The fraction of sp³-hybridized carbons (Fsp3) is 0.867. The summed E-state index contributed by atoms with van der Waals surface area (Å²) in [7, 11) is 0. The highest BCUT2D eigenvalue weighted by Crippen LogP contribution is 2.72. The monoisotopic (exact) mass is 220 g/mol. The predicted octanol–water partition coefficient (Wildman–Crippen LogP) is 3.24. The van der Waals surface area contributed by atoms with Gasteiger partial charge in [-0.1, -0.05) is 27.4 Å². The van der Waals surface area contributed by atoms with E-state index in [9.17, 15) is 5.11 Å². The van der Waals surface area contributed by atoms with E-state index in [-0.39, 0.29) is 6.10 Å². The van der Waals surface area contributed by atoms with Gasteiger partial charge in [0.25, 0.3) is 0 Å². The van der Waals surface area contributed by atoms with Crippen LogP contribution in [-0.4, -0.2) is 11.2 Å². The van der Waals surface area contributed by atoms with E-state index in [1.54, 1.807) is 0 Å². The van der Waals surface area contributed by atoms with E-state index in [0.29, 0.717) is 11.3 Å². The van der Waals surface area contributed by atoms with Gasteiger partial charge in [-0.25, -0.2) is 0 Å². The Morgan fingerprint density at radius 2 is 2.12 bits per heavy atom. The van der Waals surface area contributed by atoms with Crippen molar-refractivity contribution in [2.75, 3.05) is 0 Å². The zero-order valence-electron chi connectivity index (χ0n) is 10.7. The van der Waals surface area contributed by atoms with Gasteiger partial charge in [-0.15, -0.1) is 0 Å². The third-order valence-corrected chi connectivity index (χ3v) is 6.08. The third kappa shape index (κ3) is 1.06. The van der Waals surface area contributed by atoms with E-state index < -0.39 is 0 Å². The molecule has 1 N–H and O–H groups in total. The molecule has 3 aliphatic carbocycles. The fourth-order valence-corrected chi connectivity index (χ4v) is 5.25. The van der Waals surface area contributed by atoms with Crippen molar-refractivity contribution < 1.29 is 5.11 Å². The molecule has 3 aliphatic rings. The van der Waals surface area contributed by atoms with Crippen molar-refractivity contribution in [1.82, 2.24) is 0 Å². The van der Waals surface area contributed by atoms with Crippen molar-refractivity contribution in [2.24, 2.45) is 35.0 Å². The zero-order valence-corrected chi connectivity index (χ0v) is 10.7. The molecule has 4 bridgehead atoms. The molecule has 0 aromatic carbocycles. The van der Waals surface area contributed by atoms with E-state index in [2.05, 4.69) is 27.4 Å². The average Bonchev–Trinajstić information content (AvgIpc) is 2.22. The zero-order chi connectivity index (χ0) is 11.7. The molecular weight excluding hydrogens is 196 g/mol. The van der Waals surface area contributed by atoms with Gasteiger partial charge in [-0.2, -0.15) is 0 Å². The van der Waals surface area contributed by atoms with Gasteiger partial charge in [0.1, 0.15) is 0 Å². The fourth-order valence-electron chi connectivity index (χ4n) is 5.25. The molecule has 3 rings (SSSR count). The first kappa shape index (κ1) is 10.8. The first-order valence-electron chi connectivity index (χ1n) is 6.83. The van der Waals surface area contributed by atoms with Gasteiger partial charge in [0.15, 0.2) is 0 Å². The molecule has 0 saturated heterocycles. The van der Waals surface area contributed by atoms with E-state index in [0.717, 1.165) is 35.7 Å². The van der Waals surface area contributed by atoms with E-state index >= 15 is 0 Å². The third-order valence-electron chi connectivity index (χ3n) is 6.08. The number of hydrogen-bond donors (Lipinski definition) is 1. The molecule has 0 heterocycles. The number of rotatable bonds is 1. The van der Waals surface area contributed by atoms with Crippen molar-refractivity contribution in [2.45, 2.75) is 46.1 Å². The first-order chi connectivity index (χ1) is 7.47. The topological polar surface area (TPSA) is 20.2 Å². The van der Waals surface area contributed by atoms with Gasteiger partial charge in [-0.05, 0) is 59.8 Å². The Bertz CT molecular complexity index is 332. The van der Waals surface area contributed by atoms with Crippen molar-refractivity contribution >= 4 is 0 Å². The van der Waals surface area contributed by atoms with Gasteiger partial charge in [0.05, 0.1) is 6.10 Å². The Hall–Kier alpha value is -0.300. The molecule has 0 radical (unpaired) electrons. The summed E-state index contributed by atoms with van der Waals surface area (Å²) in [5.41, 5.74) is 1.65. The molecular formula is C15H24O. The highest BCUT2D eigenvalue weighted by atomic mass is 16.3. The summed E-state index contributed by atoms with van der Waals surface area (Å²) in [5.74, 6) is 3.92. The Kier molecular flexibility index (Phi) is 2.12. The van der Waals surface area contributed by atoms with Gasteiger partial charge < -0.3 is 5.11 Å². The first-order valence-corrected chi connectivity index (χ1v) is 6.83. The molecule has 0 aromatic heterocycles. The molecule has 6 atom stereocenters. The highest BCUT2D eigenvalue weighted by Gasteiger charge is 2.67. The number of aliphatic hydroxyl groups excluding tert-OH is 1. The van der Waals surface area contributed by atoms with Crippen LogP contribution in [0.4, 0.5) is 0 Å². The maximum absolute atomic E-state index is 9.97. The minimum Gasteiger partial charge on any atom is -0.389 e. The second kappa shape index (κ2) is 3.13. The van der Waals surface area contributed by atoms with Crippen LogP contribution in [0.5, 0.6) is 0 Å². The Morgan fingerprint density at radius 1 is 1.44 bits per heavy atom. The van der Waals surface area contributed by atoms with Gasteiger partial charge in [0, 0.05) is 0 Å². The van der Waals surface area contributed by atoms with Crippen LogP contribution >= 0.6 is 0 Å². The molecule has 0 amide bonds. The maximum atomic E-state index is 9.97. The van der Waals surface area contributed by atoms with Crippen LogP contribution in [0.3, 0.4) is 0 Å². The molecule has 90 valence electrons. The van der Waals surface area contributed by atoms with Gasteiger partial charge in [0.2, 0.25) is 0 Å². The second-order valence-electron chi connectivity index (χ2n) is 6.94. The van der Waals surface area contributed by atoms with Crippen LogP contribution in [0.15, 0.2) is 12.2 Å². The lowest BCUT2D eigenvalue weighted by Gasteiger charge is -2.71. The molecule has 3 saturated carbocycles. The van der Waals surface area contributed by atoms with Crippen molar-refractivity contribution in [3.05, 3.63) is 12.2 Å².